The van der Waals surface area contributed by atoms with Gasteiger partial charge in [-0.2, -0.15) is 0 Å². The molecule has 104 valence electrons. The zero-order chi connectivity index (χ0) is 14.5. The van der Waals surface area contributed by atoms with E-state index in [1.165, 1.54) is 19.2 Å². The van der Waals surface area contributed by atoms with Gasteiger partial charge in [-0.15, -0.1) is 0 Å². The van der Waals surface area contributed by atoms with Gasteiger partial charge in [-0.3, -0.25) is 4.79 Å². The Bertz CT molecular complexity index is 614. The maximum absolute atomic E-state index is 13.5. The van der Waals surface area contributed by atoms with E-state index in [1.54, 1.807) is 31.4 Å². The minimum Gasteiger partial charge on any atom is -0.494 e. The molecule has 0 radical (unpaired) electrons. The van der Waals surface area contributed by atoms with Crippen LogP contribution in [0.4, 0.5) is 15.8 Å². The van der Waals surface area contributed by atoms with Crippen molar-refractivity contribution in [2.45, 2.75) is 0 Å². The number of rotatable bonds is 4. The molecule has 1 aromatic carbocycles. The van der Waals surface area contributed by atoms with Gasteiger partial charge >= 0.3 is 0 Å². The number of carbonyl (C=O) groups is 1. The first kappa shape index (κ1) is 13.8. The summed E-state index contributed by atoms with van der Waals surface area (Å²) in [5.74, 6) is -0.819. The number of nitrogens with one attached hydrogen (secondary N) is 2. The van der Waals surface area contributed by atoms with Crippen molar-refractivity contribution in [1.82, 2.24) is 4.98 Å². The molecular weight excluding hydrogens is 261 g/mol. The van der Waals surface area contributed by atoms with E-state index in [2.05, 4.69) is 15.6 Å². The predicted octanol–water partition coefficient (Wildman–Crippen LogP) is 2.52. The van der Waals surface area contributed by atoms with Crippen LogP contribution >= 0.6 is 0 Å². The van der Waals surface area contributed by atoms with E-state index in [0.717, 1.165) is 5.69 Å². The lowest BCUT2D eigenvalue weighted by molar-refractivity contribution is 0.102. The van der Waals surface area contributed by atoms with E-state index in [-0.39, 0.29) is 11.4 Å². The number of halogens is 1. The summed E-state index contributed by atoms with van der Waals surface area (Å²) in [6.45, 7) is 0. The lowest BCUT2D eigenvalue weighted by atomic mass is 10.2. The number of aromatic nitrogens is 1. The molecule has 0 atom stereocenters. The van der Waals surface area contributed by atoms with Crippen LogP contribution in [0.1, 0.15) is 10.5 Å². The number of ether oxygens (including phenoxy) is 1. The van der Waals surface area contributed by atoms with Crippen LogP contribution in [0, 0.1) is 5.82 Å². The number of nitrogens with zero attached hydrogens (tertiary/aromatic N) is 1. The molecule has 0 aliphatic heterocycles. The molecule has 0 aliphatic carbocycles. The number of benzene rings is 1. The summed E-state index contributed by atoms with van der Waals surface area (Å²) in [5, 5.41) is 5.48. The topological polar surface area (TPSA) is 63.2 Å². The fourth-order valence-electron chi connectivity index (χ4n) is 1.62. The third-order valence-corrected chi connectivity index (χ3v) is 2.69. The molecule has 0 fully saturated rings. The number of methoxy groups -OCH3 is 1. The van der Waals surface area contributed by atoms with Gasteiger partial charge in [-0.1, -0.05) is 0 Å². The summed E-state index contributed by atoms with van der Waals surface area (Å²) < 4.78 is 18.3. The highest BCUT2D eigenvalue weighted by atomic mass is 19.1. The Balaban J connectivity index is 2.12. The molecule has 6 heteroatoms. The van der Waals surface area contributed by atoms with Crippen LogP contribution < -0.4 is 15.4 Å². The Hall–Kier alpha value is -2.63. The zero-order valence-corrected chi connectivity index (χ0v) is 11.1. The molecule has 0 bridgehead atoms. The highest BCUT2D eigenvalue weighted by Gasteiger charge is 2.09. The highest BCUT2D eigenvalue weighted by molar-refractivity contribution is 6.02. The van der Waals surface area contributed by atoms with Crippen molar-refractivity contribution in [2.24, 2.45) is 0 Å². The van der Waals surface area contributed by atoms with Gasteiger partial charge in [-0.25, -0.2) is 9.37 Å². The average molecular weight is 275 g/mol. The minimum absolute atomic E-state index is 0.125. The largest absolute Gasteiger partial charge is 0.494 e. The Morgan fingerprint density at radius 1 is 1.25 bits per heavy atom. The van der Waals surface area contributed by atoms with Crippen LogP contribution in [0.2, 0.25) is 0 Å². The van der Waals surface area contributed by atoms with Gasteiger partial charge in [0.15, 0.2) is 11.6 Å². The van der Waals surface area contributed by atoms with Crippen molar-refractivity contribution in [3.05, 3.63) is 48.0 Å². The van der Waals surface area contributed by atoms with Crippen LogP contribution in [0.25, 0.3) is 0 Å². The third kappa shape index (κ3) is 3.03. The van der Waals surface area contributed by atoms with Crippen molar-refractivity contribution in [1.29, 1.82) is 0 Å². The molecule has 0 spiro atoms. The van der Waals surface area contributed by atoms with Crippen LogP contribution in [0.15, 0.2) is 36.5 Å². The molecule has 0 saturated carbocycles. The van der Waals surface area contributed by atoms with Gasteiger partial charge < -0.3 is 15.4 Å². The lowest BCUT2D eigenvalue weighted by Gasteiger charge is -2.07. The third-order valence-electron chi connectivity index (χ3n) is 2.69. The molecule has 1 heterocycles. The monoisotopic (exact) mass is 275 g/mol. The fourth-order valence-corrected chi connectivity index (χ4v) is 1.62. The van der Waals surface area contributed by atoms with Gasteiger partial charge in [0, 0.05) is 18.8 Å². The smallest absolute Gasteiger partial charge is 0.274 e. The maximum atomic E-state index is 13.5. The Kier molecular flexibility index (Phi) is 4.14. The van der Waals surface area contributed by atoms with Crippen LogP contribution in [0.3, 0.4) is 0 Å². The number of anilines is 2. The second-order valence-corrected chi connectivity index (χ2v) is 3.99. The normalized spacial score (nSPS) is 9.95. The number of pyridine rings is 1. The molecular formula is C14H14FN3O2. The van der Waals surface area contributed by atoms with Gasteiger partial charge in [0.1, 0.15) is 5.69 Å². The van der Waals surface area contributed by atoms with Crippen LogP contribution in [-0.2, 0) is 0 Å². The average Bonchev–Trinajstić information content (AvgIpc) is 2.47. The van der Waals surface area contributed by atoms with Crippen molar-refractivity contribution >= 4 is 17.3 Å². The van der Waals surface area contributed by atoms with E-state index in [1.807, 2.05) is 0 Å². The van der Waals surface area contributed by atoms with Crippen LogP contribution in [-0.4, -0.2) is 25.0 Å². The number of hydrogen-bond donors (Lipinski definition) is 2. The van der Waals surface area contributed by atoms with E-state index in [0.29, 0.717) is 5.69 Å². The Morgan fingerprint density at radius 3 is 2.55 bits per heavy atom. The first-order valence-corrected chi connectivity index (χ1v) is 5.92. The van der Waals surface area contributed by atoms with Gasteiger partial charge in [-0.05, 0) is 24.3 Å². The van der Waals surface area contributed by atoms with Gasteiger partial charge in [0.25, 0.3) is 5.91 Å². The summed E-state index contributed by atoms with van der Waals surface area (Å²) in [4.78, 5) is 15.9. The van der Waals surface area contributed by atoms with Crippen LogP contribution in [0.5, 0.6) is 5.75 Å². The molecule has 1 amide bonds. The molecule has 0 aliphatic rings. The van der Waals surface area contributed by atoms with E-state index >= 15 is 0 Å². The standard InChI is InChI=1S/C14H14FN3O2/c1-16-10-3-5-12(17-8-10)14(19)18-9-4-6-13(20-2)11(15)7-9/h3-8,16H,1-2H3,(H,18,19). The fraction of sp³-hybridized carbons (Fsp3) is 0.143. The second kappa shape index (κ2) is 6.01. The Labute approximate surface area is 115 Å². The molecule has 5 nitrogen and oxygen atoms in total. The molecule has 2 aromatic rings. The van der Waals surface area contributed by atoms with Crippen molar-refractivity contribution in [3.63, 3.8) is 0 Å². The molecule has 2 N–H and O–H groups in total. The zero-order valence-electron chi connectivity index (χ0n) is 11.1. The van der Waals surface area contributed by atoms with Gasteiger partial charge in [0.2, 0.25) is 0 Å². The molecule has 0 saturated heterocycles. The van der Waals surface area contributed by atoms with E-state index in [9.17, 15) is 9.18 Å². The first-order valence-electron chi connectivity index (χ1n) is 5.92. The summed E-state index contributed by atoms with van der Waals surface area (Å²) >= 11 is 0. The number of carbonyl (C=O) groups excluding carboxylic acids is 1. The summed E-state index contributed by atoms with van der Waals surface area (Å²) in [5.41, 5.74) is 1.39. The van der Waals surface area contributed by atoms with E-state index < -0.39 is 11.7 Å². The quantitative estimate of drug-likeness (QED) is 0.900. The van der Waals surface area contributed by atoms with E-state index in [4.69, 9.17) is 4.74 Å². The summed E-state index contributed by atoms with van der Waals surface area (Å²) in [6.07, 6.45) is 1.55. The molecule has 20 heavy (non-hydrogen) atoms. The highest BCUT2D eigenvalue weighted by Crippen LogP contribution is 2.21. The van der Waals surface area contributed by atoms with Crippen molar-refractivity contribution < 1.29 is 13.9 Å². The van der Waals surface area contributed by atoms with Crippen molar-refractivity contribution in [2.75, 3.05) is 24.8 Å². The predicted molar refractivity (Wildman–Crippen MR) is 74.7 cm³/mol. The first-order chi connectivity index (χ1) is 9.63. The number of hydrogen-bond acceptors (Lipinski definition) is 4. The summed E-state index contributed by atoms with van der Waals surface area (Å²) in [7, 11) is 3.14. The summed E-state index contributed by atoms with van der Waals surface area (Å²) in [6, 6.07) is 7.51. The molecule has 1 aromatic heterocycles. The number of amides is 1. The second-order valence-electron chi connectivity index (χ2n) is 3.99. The minimum atomic E-state index is -0.538. The lowest BCUT2D eigenvalue weighted by Crippen LogP contribution is -2.13. The van der Waals surface area contributed by atoms with Gasteiger partial charge in [0.05, 0.1) is 19.0 Å². The SMILES string of the molecule is CNc1ccc(C(=O)Nc2ccc(OC)c(F)c2)nc1. The Morgan fingerprint density at radius 2 is 2.00 bits per heavy atom. The van der Waals surface area contributed by atoms with Crippen molar-refractivity contribution in [3.8, 4) is 5.75 Å². The maximum Gasteiger partial charge on any atom is 0.274 e. The molecule has 0 unspecified atom stereocenters. The molecule has 2 rings (SSSR count).